The van der Waals surface area contributed by atoms with Gasteiger partial charge in [-0.3, -0.25) is 4.79 Å². The van der Waals surface area contributed by atoms with E-state index in [4.69, 9.17) is 9.84 Å². The molecule has 0 aliphatic heterocycles. The summed E-state index contributed by atoms with van der Waals surface area (Å²) in [6.45, 7) is 3.99. The van der Waals surface area contributed by atoms with Crippen LogP contribution in [0.1, 0.15) is 30.4 Å². The molecule has 1 atom stereocenters. The van der Waals surface area contributed by atoms with Gasteiger partial charge in [0.05, 0.1) is 12.8 Å². The largest absolute Gasteiger partial charge is 0.494 e. The van der Waals surface area contributed by atoms with Crippen LogP contribution >= 0.6 is 0 Å². The monoisotopic (exact) mass is 304 g/mol. The van der Waals surface area contributed by atoms with Gasteiger partial charge >= 0.3 is 5.97 Å². The van der Waals surface area contributed by atoms with Gasteiger partial charge in [-0.25, -0.2) is 9.48 Å². The SMILES string of the molecule is CCOc1ccc(NC(=O)C(C)n2nncc2C(=O)O)cc1. The van der Waals surface area contributed by atoms with E-state index in [1.807, 2.05) is 6.92 Å². The van der Waals surface area contributed by atoms with Gasteiger partial charge < -0.3 is 15.2 Å². The van der Waals surface area contributed by atoms with Gasteiger partial charge in [-0.15, -0.1) is 5.10 Å². The first-order valence-corrected chi connectivity index (χ1v) is 6.70. The predicted molar refractivity (Wildman–Crippen MR) is 77.9 cm³/mol. The average molecular weight is 304 g/mol. The zero-order chi connectivity index (χ0) is 16.1. The highest BCUT2D eigenvalue weighted by Crippen LogP contribution is 2.17. The standard InChI is InChI=1S/C14H16N4O4/c1-3-22-11-6-4-10(5-7-11)16-13(19)9(2)18-12(14(20)21)8-15-17-18/h4-9H,3H2,1-2H3,(H,16,19)(H,20,21). The first kappa shape index (κ1) is 15.5. The van der Waals surface area contributed by atoms with Crippen molar-refractivity contribution in [2.75, 3.05) is 11.9 Å². The number of carbonyl (C=O) groups excluding carboxylic acids is 1. The molecule has 2 N–H and O–H groups in total. The maximum Gasteiger partial charge on any atom is 0.355 e. The number of hydrogen-bond donors (Lipinski definition) is 2. The highest BCUT2D eigenvalue weighted by atomic mass is 16.5. The number of anilines is 1. The molecule has 1 unspecified atom stereocenters. The molecule has 8 nitrogen and oxygen atoms in total. The minimum atomic E-state index is -1.19. The number of rotatable bonds is 6. The molecule has 0 aliphatic carbocycles. The molecule has 0 bridgehead atoms. The Bertz CT molecular complexity index is 666. The summed E-state index contributed by atoms with van der Waals surface area (Å²) in [4.78, 5) is 23.2. The highest BCUT2D eigenvalue weighted by molar-refractivity contribution is 5.94. The van der Waals surface area contributed by atoms with Crippen molar-refractivity contribution in [3.8, 4) is 5.75 Å². The number of aromatic carboxylic acids is 1. The summed E-state index contributed by atoms with van der Waals surface area (Å²) in [6.07, 6.45) is 1.10. The number of carboxylic acids is 1. The summed E-state index contributed by atoms with van der Waals surface area (Å²) in [5.41, 5.74) is 0.437. The Hall–Kier alpha value is -2.90. The number of carbonyl (C=O) groups is 2. The third-order valence-electron chi connectivity index (χ3n) is 2.97. The van der Waals surface area contributed by atoms with Gasteiger partial charge in [0, 0.05) is 5.69 Å². The molecule has 2 rings (SSSR count). The molecule has 0 radical (unpaired) electrons. The van der Waals surface area contributed by atoms with E-state index in [0.717, 1.165) is 10.9 Å². The van der Waals surface area contributed by atoms with Gasteiger partial charge in [0.25, 0.3) is 0 Å². The van der Waals surface area contributed by atoms with Crippen LogP contribution in [-0.4, -0.2) is 38.6 Å². The van der Waals surface area contributed by atoms with E-state index in [1.165, 1.54) is 0 Å². The molecule has 8 heteroatoms. The van der Waals surface area contributed by atoms with Crippen LogP contribution in [0.2, 0.25) is 0 Å². The summed E-state index contributed by atoms with van der Waals surface area (Å²) < 4.78 is 6.38. The quantitative estimate of drug-likeness (QED) is 0.839. The zero-order valence-corrected chi connectivity index (χ0v) is 12.2. The number of ether oxygens (including phenoxy) is 1. The van der Waals surface area contributed by atoms with Crippen LogP contribution in [0.3, 0.4) is 0 Å². The van der Waals surface area contributed by atoms with Crippen molar-refractivity contribution in [2.45, 2.75) is 19.9 Å². The number of aromatic nitrogens is 3. The molecule has 0 fully saturated rings. The summed E-state index contributed by atoms with van der Waals surface area (Å²) in [5.74, 6) is -0.874. The van der Waals surface area contributed by atoms with E-state index in [9.17, 15) is 9.59 Å². The van der Waals surface area contributed by atoms with Crippen LogP contribution < -0.4 is 10.1 Å². The zero-order valence-electron chi connectivity index (χ0n) is 12.2. The third-order valence-corrected chi connectivity index (χ3v) is 2.97. The second-order valence-electron chi connectivity index (χ2n) is 4.49. The Morgan fingerprint density at radius 1 is 1.36 bits per heavy atom. The Labute approximate surface area is 126 Å². The molecule has 1 aromatic carbocycles. The molecule has 1 heterocycles. The predicted octanol–water partition coefficient (Wildman–Crippen LogP) is 1.57. The van der Waals surface area contributed by atoms with E-state index in [1.54, 1.807) is 31.2 Å². The molecule has 0 aliphatic rings. The normalized spacial score (nSPS) is 11.7. The Morgan fingerprint density at radius 3 is 2.64 bits per heavy atom. The van der Waals surface area contributed by atoms with E-state index in [-0.39, 0.29) is 5.69 Å². The van der Waals surface area contributed by atoms with Crippen molar-refractivity contribution < 1.29 is 19.4 Å². The van der Waals surface area contributed by atoms with Crippen molar-refractivity contribution in [1.29, 1.82) is 0 Å². The lowest BCUT2D eigenvalue weighted by molar-refractivity contribution is -0.119. The molecular weight excluding hydrogens is 288 g/mol. The molecule has 0 saturated heterocycles. The van der Waals surface area contributed by atoms with Gasteiger partial charge in [0.15, 0.2) is 5.69 Å². The third kappa shape index (κ3) is 3.40. The van der Waals surface area contributed by atoms with Crippen molar-refractivity contribution >= 4 is 17.6 Å². The Balaban J connectivity index is 2.08. The Kier molecular flexibility index (Phi) is 4.72. The fourth-order valence-electron chi connectivity index (χ4n) is 1.84. The highest BCUT2D eigenvalue weighted by Gasteiger charge is 2.22. The molecule has 116 valence electrons. The van der Waals surface area contributed by atoms with Crippen LogP contribution in [0, 0.1) is 0 Å². The summed E-state index contributed by atoms with van der Waals surface area (Å²) in [7, 11) is 0. The first-order chi connectivity index (χ1) is 10.5. The number of amides is 1. The lowest BCUT2D eigenvalue weighted by Crippen LogP contribution is -2.26. The number of nitrogens with one attached hydrogen (secondary N) is 1. The van der Waals surface area contributed by atoms with Crippen molar-refractivity contribution in [3.63, 3.8) is 0 Å². The van der Waals surface area contributed by atoms with Crippen LogP contribution in [0.25, 0.3) is 0 Å². The van der Waals surface area contributed by atoms with Gasteiger partial charge in [-0.1, -0.05) is 5.21 Å². The first-order valence-electron chi connectivity index (χ1n) is 6.70. The molecule has 22 heavy (non-hydrogen) atoms. The van der Waals surface area contributed by atoms with Gasteiger partial charge in [-0.05, 0) is 38.1 Å². The molecular formula is C14H16N4O4. The molecule has 0 saturated carbocycles. The maximum absolute atomic E-state index is 12.2. The van der Waals surface area contributed by atoms with Gasteiger partial charge in [0.2, 0.25) is 5.91 Å². The van der Waals surface area contributed by atoms with E-state index in [0.29, 0.717) is 18.0 Å². The minimum absolute atomic E-state index is 0.144. The van der Waals surface area contributed by atoms with Crippen molar-refractivity contribution in [3.05, 3.63) is 36.2 Å². The average Bonchev–Trinajstić information content (AvgIpc) is 2.98. The number of carboxylic acid groups (broad SMARTS) is 1. The Morgan fingerprint density at radius 2 is 2.05 bits per heavy atom. The lowest BCUT2D eigenvalue weighted by Gasteiger charge is -2.13. The fraction of sp³-hybridized carbons (Fsp3) is 0.286. The fourth-order valence-corrected chi connectivity index (χ4v) is 1.84. The molecule has 2 aromatic rings. The minimum Gasteiger partial charge on any atom is -0.494 e. The van der Waals surface area contributed by atoms with Crippen LogP contribution in [0.4, 0.5) is 5.69 Å². The maximum atomic E-state index is 12.2. The van der Waals surface area contributed by atoms with Gasteiger partial charge in [-0.2, -0.15) is 0 Å². The van der Waals surface area contributed by atoms with Crippen molar-refractivity contribution in [1.82, 2.24) is 15.0 Å². The number of benzene rings is 1. The second kappa shape index (κ2) is 6.70. The second-order valence-corrected chi connectivity index (χ2v) is 4.49. The molecule has 1 aromatic heterocycles. The van der Waals surface area contributed by atoms with E-state index < -0.39 is 17.9 Å². The number of hydrogen-bond acceptors (Lipinski definition) is 5. The topological polar surface area (TPSA) is 106 Å². The number of nitrogens with zero attached hydrogens (tertiary/aromatic N) is 3. The van der Waals surface area contributed by atoms with Crippen molar-refractivity contribution in [2.24, 2.45) is 0 Å². The summed E-state index contributed by atoms with van der Waals surface area (Å²) >= 11 is 0. The van der Waals surface area contributed by atoms with E-state index >= 15 is 0 Å². The molecule has 1 amide bonds. The van der Waals surface area contributed by atoms with Gasteiger partial charge in [0.1, 0.15) is 11.8 Å². The summed E-state index contributed by atoms with van der Waals surface area (Å²) in [6, 6.07) is 6.08. The lowest BCUT2D eigenvalue weighted by atomic mass is 10.2. The van der Waals surface area contributed by atoms with Crippen LogP contribution in [0.5, 0.6) is 5.75 Å². The van der Waals surface area contributed by atoms with Crippen LogP contribution in [0.15, 0.2) is 30.5 Å². The van der Waals surface area contributed by atoms with E-state index in [2.05, 4.69) is 15.6 Å². The summed E-state index contributed by atoms with van der Waals surface area (Å²) in [5, 5.41) is 18.9. The molecule has 0 spiro atoms. The van der Waals surface area contributed by atoms with Crippen LogP contribution in [-0.2, 0) is 4.79 Å². The smallest absolute Gasteiger partial charge is 0.355 e.